The second kappa shape index (κ2) is 22.5. The standard InChI is InChI=1S/C36H69O19P/c1-18(19(2)16-50-56(7)47)8-12-48-17-22-23(40)26(43)27(44)33(53-22)54-31-25(42)21(15-39)52-34(29(31)46)55-30-24(41)20(14-38)51-32(28(30)45)49-13-10-36(5,6)35(3,4)9-11-37/h18-34,37-47H,8-17H2,1-7H3. The molecule has 3 fully saturated rings. The smallest absolute Gasteiger partial charge is 0.187 e. The van der Waals surface area contributed by atoms with Gasteiger partial charge in [0.2, 0.25) is 0 Å². The van der Waals surface area contributed by atoms with Gasteiger partial charge in [0.25, 0.3) is 0 Å². The number of hydrogen-bond donors (Lipinski definition) is 11. The molecule has 3 rings (SSSR count). The summed E-state index contributed by atoms with van der Waals surface area (Å²) in [4.78, 5) is 9.42. The summed E-state index contributed by atoms with van der Waals surface area (Å²) in [6.45, 7) is 12.6. The van der Waals surface area contributed by atoms with Crippen LogP contribution in [0.5, 0.6) is 0 Å². The van der Waals surface area contributed by atoms with Gasteiger partial charge in [0.15, 0.2) is 27.2 Å². The summed E-state index contributed by atoms with van der Waals surface area (Å²) in [6.07, 6.45) is -22.9. The van der Waals surface area contributed by atoms with E-state index in [9.17, 15) is 56.0 Å². The second-order valence-corrected chi connectivity index (χ2v) is 17.8. The minimum absolute atomic E-state index is 0.00486. The van der Waals surface area contributed by atoms with Crippen LogP contribution in [0.3, 0.4) is 0 Å². The van der Waals surface area contributed by atoms with Crippen molar-refractivity contribution in [3.05, 3.63) is 0 Å². The summed E-state index contributed by atoms with van der Waals surface area (Å²) in [5, 5.41) is 106. The van der Waals surface area contributed by atoms with Crippen LogP contribution in [0.1, 0.15) is 60.8 Å². The van der Waals surface area contributed by atoms with Crippen molar-refractivity contribution < 1.29 is 93.6 Å². The number of aliphatic hydroxyl groups is 10. The third-order valence-corrected chi connectivity index (χ3v) is 12.5. The Balaban J connectivity index is 1.68. The van der Waals surface area contributed by atoms with Gasteiger partial charge >= 0.3 is 0 Å². The molecule has 0 bridgehead atoms. The quantitative estimate of drug-likeness (QED) is 0.0412. The van der Waals surface area contributed by atoms with Crippen LogP contribution in [-0.4, -0.2) is 201 Å². The molecule has 11 N–H and O–H groups in total. The number of ether oxygens (including phenoxy) is 7. The monoisotopic (exact) mass is 836 g/mol. The van der Waals surface area contributed by atoms with Gasteiger partial charge in [-0.15, -0.1) is 0 Å². The average Bonchev–Trinajstić information content (AvgIpc) is 3.14. The average molecular weight is 837 g/mol. The van der Waals surface area contributed by atoms with Crippen LogP contribution < -0.4 is 0 Å². The van der Waals surface area contributed by atoms with Gasteiger partial charge < -0.3 is 93.6 Å². The Morgan fingerprint density at radius 3 is 1.64 bits per heavy atom. The molecule has 0 spiro atoms. The van der Waals surface area contributed by atoms with Gasteiger partial charge in [-0.3, -0.25) is 0 Å². The Morgan fingerprint density at radius 2 is 1.11 bits per heavy atom. The third kappa shape index (κ3) is 12.8. The molecular formula is C36H69O19P. The molecule has 3 aliphatic heterocycles. The van der Waals surface area contributed by atoms with E-state index in [1.54, 1.807) is 6.66 Å². The maximum Gasteiger partial charge on any atom is 0.187 e. The molecule has 332 valence electrons. The van der Waals surface area contributed by atoms with Crippen LogP contribution in [0.4, 0.5) is 0 Å². The zero-order valence-electron chi connectivity index (χ0n) is 33.5. The zero-order chi connectivity index (χ0) is 42.1. The van der Waals surface area contributed by atoms with Crippen molar-refractivity contribution in [2.45, 2.75) is 153 Å². The maximum atomic E-state index is 11.4. The number of aliphatic hydroxyl groups excluding tert-OH is 10. The van der Waals surface area contributed by atoms with Gasteiger partial charge in [-0.25, -0.2) is 0 Å². The highest BCUT2D eigenvalue weighted by atomic mass is 31.2. The topological polar surface area (TPSA) is 296 Å². The van der Waals surface area contributed by atoms with E-state index in [0.717, 1.165) is 0 Å². The van der Waals surface area contributed by atoms with Crippen LogP contribution in [0, 0.1) is 22.7 Å². The molecule has 18 unspecified atom stereocenters. The fraction of sp³-hybridized carbons (Fsp3) is 1.00. The Hall–Kier alpha value is -0.330. The lowest BCUT2D eigenvalue weighted by atomic mass is 9.64. The van der Waals surface area contributed by atoms with Crippen molar-refractivity contribution in [2.75, 3.05) is 52.9 Å². The molecule has 0 saturated carbocycles. The summed E-state index contributed by atoms with van der Waals surface area (Å²) in [5.41, 5.74) is -0.588. The molecule has 56 heavy (non-hydrogen) atoms. The molecule has 19 nitrogen and oxygen atoms in total. The van der Waals surface area contributed by atoms with Crippen LogP contribution in [0.25, 0.3) is 0 Å². The minimum Gasteiger partial charge on any atom is -0.396 e. The molecule has 0 aliphatic carbocycles. The zero-order valence-corrected chi connectivity index (χ0v) is 34.4. The minimum atomic E-state index is -1.92. The first-order chi connectivity index (χ1) is 26.2. The van der Waals surface area contributed by atoms with E-state index in [1.807, 2.05) is 41.5 Å². The molecular weight excluding hydrogens is 767 g/mol. The molecule has 0 aromatic rings. The fourth-order valence-corrected chi connectivity index (χ4v) is 7.13. The van der Waals surface area contributed by atoms with E-state index in [4.69, 9.17) is 37.7 Å². The lowest BCUT2D eigenvalue weighted by Gasteiger charge is -2.48. The Kier molecular flexibility index (Phi) is 20.1. The molecule has 20 heteroatoms. The number of rotatable bonds is 22. The van der Waals surface area contributed by atoms with E-state index < -0.39 is 114 Å². The van der Waals surface area contributed by atoms with Crippen molar-refractivity contribution in [1.29, 1.82) is 0 Å². The highest BCUT2D eigenvalue weighted by Gasteiger charge is 2.54. The lowest BCUT2D eigenvalue weighted by molar-refractivity contribution is -0.381. The van der Waals surface area contributed by atoms with Crippen molar-refractivity contribution in [3.63, 3.8) is 0 Å². The predicted molar refractivity (Wildman–Crippen MR) is 197 cm³/mol. The van der Waals surface area contributed by atoms with Crippen LogP contribution in [0.2, 0.25) is 0 Å². The van der Waals surface area contributed by atoms with Gasteiger partial charge in [-0.2, -0.15) is 0 Å². The van der Waals surface area contributed by atoms with Crippen molar-refractivity contribution in [2.24, 2.45) is 22.7 Å². The fourth-order valence-electron chi connectivity index (χ4n) is 6.68. The summed E-state index contributed by atoms with van der Waals surface area (Å²) < 4.78 is 45.6. The Labute approximate surface area is 330 Å². The Bertz CT molecular complexity index is 1120. The van der Waals surface area contributed by atoms with E-state index in [1.165, 1.54) is 0 Å². The van der Waals surface area contributed by atoms with E-state index in [2.05, 4.69) is 0 Å². The second-order valence-electron chi connectivity index (χ2n) is 16.6. The molecule has 3 heterocycles. The Morgan fingerprint density at radius 1 is 0.607 bits per heavy atom. The lowest BCUT2D eigenvalue weighted by Crippen LogP contribution is -2.67. The van der Waals surface area contributed by atoms with Gasteiger partial charge in [0.05, 0.1) is 33.0 Å². The highest BCUT2D eigenvalue weighted by molar-refractivity contribution is 7.45. The van der Waals surface area contributed by atoms with Gasteiger partial charge in [0.1, 0.15) is 73.2 Å². The summed E-state index contributed by atoms with van der Waals surface area (Å²) in [5.74, 6) is 0.276. The maximum absolute atomic E-state index is 11.4. The van der Waals surface area contributed by atoms with Crippen molar-refractivity contribution >= 4 is 8.38 Å². The van der Waals surface area contributed by atoms with Crippen LogP contribution in [-0.2, 0) is 37.7 Å². The van der Waals surface area contributed by atoms with E-state index in [0.29, 0.717) is 25.9 Å². The van der Waals surface area contributed by atoms with E-state index >= 15 is 0 Å². The molecule has 0 aromatic carbocycles. The summed E-state index contributed by atoms with van der Waals surface area (Å²) in [6, 6.07) is 0. The summed E-state index contributed by atoms with van der Waals surface area (Å²) >= 11 is 0. The van der Waals surface area contributed by atoms with Crippen molar-refractivity contribution in [3.8, 4) is 0 Å². The normalized spacial score (nSPS) is 39.0. The molecule has 3 aliphatic rings. The molecule has 0 amide bonds. The largest absolute Gasteiger partial charge is 0.396 e. The van der Waals surface area contributed by atoms with Crippen LogP contribution in [0.15, 0.2) is 0 Å². The molecule has 0 radical (unpaired) electrons. The predicted octanol–water partition coefficient (Wildman–Crippen LogP) is -2.09. The number of hydrogen-bond acceptors (Lipinski definition) is 19. The first-order valence-electron chi connectivity index (χ1n) is 19.3. The molecule has 3 saturated heterocycles. The first-order valence-corrected chi connectivity index (χ1v) is 21.0. The van der Waals surface area contributed by atoms with Gasteiger partial charge in [-0.05, 0) is 41.9 Å². The summed E-state index contributed by atoms with van der Waals surface area (Å²) in [7, 11) is -1.47. The molecule has 18 atom stereocenters. The van der Waals surface area contributed by atoms with E-state index in [-0.39, 0.29) is 49.1 Å². The SMILES string of the molecule is CC(CCOCC1OC(OC2C(O)C(CO)OC(OC3C(O)C(CO)OC(OCCC(C)(C)C(C)(C)CCO)C3O)C2O)C(O)C(O)C1O)C(C)COP(C)O. The van der Waals surface area contributed by atoms with Crippen molar-refractivity contribution in [1.82, 2.24) is 0 Å². The molecule has 0 aromatic heterocycles. The highest BCUT2D eigenvalue weighted by Crippen LogP contribution is 2.44. The first kappa shape index (κ1) is 50.0. The van der Waals surface area contributed by atoms with Gasteiger partial charge in [0, 0.05) is 19.9 Å². The van der Waals surface area contributed by atoms with Gasteiger partial charge in [-0.1, -0.05) is 41.5 Å². The van der Waals surface area contributed by atoms with Crippen LogP contribution >= 0.6 is 8.38 Å². The third-order valence-electron chi connectivity index (χ3n) is 12.0.